The molecule has 0 bridgehead atoms. The topological polar surface area (TPSA) is 74.7 Å². The molecule has 2 heterocycles. The second-order valence-electron chi connectivity index (χ2n) is 5.83. The molecule has 0 spiro atoms. The van der Waals surface area contributed by atoms with Crippen molar-refractivity contribution in [1.82, 2.24) is 14.6 Å². The number of hydrogen-bond donors (Lipinski definition) is 1. The standard InChI is InChI=1S/C20H18N4O2/c1-25-17-6-4-3-5-15(17)20-23-22-19-10-8-14(12-24(19)20)13-7-9-16(21)18(11-13)26-2/h3-12H,21H2,1-2H3. The number of ether oxygens (including phenoxy) is 2. The lowest BCUT2D eigenvalue weighted by Crippen LogP contribution is -1.95. The molecule has 0 saturated heterocycles. The molecule has 0 radical (unpaired) electrons. The van der Waals surface area contributed by atoms with Gasteiger partial charge in [0.25, 0.3) is 0 Å². The molecular formula is C20H18N4O2. The normalized spacial score (nSPS) is 10.8. The van der Waals surface area contributed by atoms with Crippen molar-refractivity contribution >= 4 is 11.3 Å². The van der Waals surface area contributed by atoms with Crippen LogP contribution >= 0.6 is 0 Å². The van der Waals surface area contributed by atoms with Gasteiger partial charge in [-0.15, -0.1) is 10.2 Å². The fourth-order valence-corrected chi connectivity index (χ4v) is 2.97. The fourth-order valence-electron chi connectivity index (χ4n) is 2.97. The van der Waals surface area contributed by atoms with Crippen molar-refractivity contribution in [2.75, 3.05) is 20.0 Å². The van der Waals surface area contributed by atoms with Crippen molar-refractivity contribution in [3.63, 3.8) is 0 Å². The third kappa shape index (κ3) is 2.61. The molecule has 6 nitrogen and oxygen atoms in total. The molecule has 0 unspecified atom stereocenters. The number of anilines is 1. The minimum absolute atomic E-state index is 0.608. The average Bonchev–Trinajstić information content (AvgIpc) is 3.11. The Morgan fingerprint density at radius 1 is 0.846 bits per heavy atom. The van der Waals surface area contributed by atoms with Crippen LogP contribution in [0, 0.1) is 0 Å². The number of nitrogens with zero attached hydrogens (tertiary/aromatic N) is 3. The molecule has 2 aromatic heterocycles. The maximum absolute atomic E-state index is 5.92. The van der Waals surface area contributed by atoms with E-state index in [1.807, 2.05) is 65.2 Å². The summed E-state index contributed by atoms with van der Waals surface area (Å²) in [6.07, 6.45) is 2.00. The van der Waals surface area contributed by atoms with E-state index < -0.39 is 0 Å². The lowest BCUT2D eigenvalue weighted by atomic mass is 10.1. The predicted molar refractivity (Wildman–Crippen MR) is 101 cm³/mol. The summed E-state index contributed by atoms with van der Waals surface area (Å²) >= 11 is 0. The van der Waals surface area contributed by atoms with Crippen molar-refractivity contribution < 1.29 is 9.47 Å². The van der Waals surface area contributed by atoms with Gasteiger partial charge in [0, 0.05) is 6.20 Å². The van der Waals surface area contributed by atoms with Crippen LogP contribution in [0.1, 0.15) is 0 Å². The minimum atomic E-state index is 0.608. The second kappa shape index (κ2) is 6.40. The van der Waals surface area contributed by atoms with Gasteiger partial charge in [0.2, 0.25) is 0 Å². The molecule has 6 heteroatoms. The van der Waals surface area contributed by atoms with Gasteiger partial charge in [-0.1, -0.05) is 18.2 Å². The van der Waals surface area contributed by atoms with Crippen LogP contribution in [0.25, 0.3) is 28.2 Å². The molecule has 0 atom stereocenters. The van der Waals surface area contributed by atoms with Gasteiger partial charge in [0.05, 0.1) is 25.5 Å². The third-order valence-electron chi connectivity index (χ3n) is 4.32. The zero-order valence-corrected chi connectivity index (χ0v) is 14.5. The van der Waals surface area contributed by atoms with Crippen molar-refractivity contribution in [2.24, 2.45) is 0 Å². The highest BCUT2D eigenvalue weighted by molar-refractivity contribution is 5.72. The van der Waals surface area contributed by atoms with Crippen molar-refractivity contribution in [1.29, 1.82) is 0 Å². The molecule has 26 heavy (non-hydrogen) atoms. The number of fused-ring (bicyclic) bond motifs is 1. The molecule has 0 aliphatic rings. The number of benzene rings is 2. The van der Waals surface area contributed by atoms with E-state index in [1.54, 1.807) is 14.2 Å². The van der Waals surface area contributed by atoms with E-state index in [0.29, 0.717) is 11.4 Å². The molecular weight excluding hydrogens is 328 g/mol. The summed E-state index contributed by atoms with van der Waals surface area (Å²) in [5.41, 5.74) is 10.2. The summed E-state index contributed by atoms with van der Waals surface area (Å²) in [7, 11) is 3.26. The number of aromatic nitrogens is 3. The summed E-state index contributed by atoms with van der Waals surface area (Å²) in [4.78, 5) is 0. The van der Waals surface area contributed by atoms with Crippen LogP contribution in [0.5, 0.6) is 11.5 Å². The number of nitrogens with two attached hydrogens (primary N) is 1. The van der Waals surface area contributed by atoms with Crippen LogP contribution in [0.15, 0.2) is 60.8 Å². The zero-order chi connectivity index (χ0) is 18.1. The largest absolute Gasteiger partial charge is 0.496 e. The highest BCUT2D eigenvalue weighted by Crippen LogP contribution is 2.32. The molecule has 0 aliphatic heterocycles. The first-order valence-electron chi connectivity index (χ1n) is 8.13. The Bertz CT molecular complexity index is 1090. The SMILES string of the molecule is COc1cc(-c2ccc3nnc(-c4ccccc4OC)n3c2)ccc1N. The number of para-hydroxylation sites is 1. The Kier molecular flexibility index (Phi) is 3.93. The summed E-state index contributed by atoms with van der Waals surface area (Å²) in [6, 6.07) is 17.4. The number of nitrogen functional groups attached to an aromatic ring is 1. The van der Waals surface area contributed by atoms with Crippen LogP contribution < -0.4 is 15.2 Å². The van der Waals surface area contributed by atoms with E-state index in [0.717, 1.165) is 33.9 Å². The summed E-state index contributed by atoms with van der Waals surface area (Å²) in [5, 5.41) is 8.61. The maximum atomic E-state index is 5.92. The van der Waals surface area contributed by atoms with E-state index in [9.17, 15) is 0 Å². The average molecular weight is 346 g/mol. The molecule has 0 fully saturated rings. The molecule has 0 saturated carbocycles. The van der Waals surface area contributed by atoms with Gasteiger partial charge >= 0.3 is 0 Å². The fraction of sp³-hybridized carbons (Fsp3) is 0.100. The summed E-state index contributed by atoms with van der Waals surface area (Å²) in [6.45, 7) is 0. The monoisotopic (exact) mass is 346 g/mol. The van der Waals surface area contributed by atoms with Gasteiger partial charge in [-0.05, 0) is 47.5 Å². The third-order valence-corrected chi connectivity index (χ3v) is 4.32. The van der Waals surface area contributed by atoms with Crippen LogP contribution in [-0.4, -0.2) is 28.8 Å². The first kappa shape index (κ1) is 16.0. The molecule has 130 valence electrons. The maximum Gasteiger partial charge on any atom is 0.172 e. The van der Waals surface area contributed by atoms with Gasteiger partial charge in [0.1, 0.15) is 11.5 Å². The Morgan fingerprint density at radius 3 is 2.42 bits per heavy atom. The van der Waals surface area contributed by atoms with Gasteiger partial charge in [-0.3, -0.25) is 4.40 Å². The highest BCUT2D eigenvalue weighted by atomic mass is 16.5. The molecule has 4 aromatic rings. The Morgan fingerprint density at radius 2 is 1.62 bits per heavy atom. The van der Waals surface area contributed by atoms with Crippen LogP contribution in [-0.2, 0) is 0 Å². The van der Waals surface area contributed by atoms with E-state index in [-0.39, 0.29) is 0 Å². The van der Waals surface area contributed by atoms with E-state index in [4.69, 9.17) is 15.2 Å². The van der Waals surface area contributed by atoms with Crippen molar-refractivity contribution in [3.05, 3.63) is 60.8 Å². The molecule has 2 aromatic carbocycles. The minimum Gasteiger partial charge on any atom is -0.496 e. The molecule has 0 amide bonds. The first-order chi connectivity index (χ1) is 12.7. The quantitative estimate of drug-likeness (QED) is 0.571. The molecule has 2 N–H and O–H groups in total. The van der Waals surface area contributed by atoms with Gasteiger partial charge in [-0.25, -0.2) is 0 Å². The Balaban J connectivity index is 1.88. The van der Waals surface area contributed by atoms with Crippen LogP contribution in [0.3, 0.4) is 0 Å². The van der Waals surface area contributed by atoms with E-state index in [2.05, 4.69) is 10.2 Å². The molecule has 0 aliphatic carbocycles. The lowest BCUT2D eigenvalue weighted by molar-refractivity contribution is 0.416. The van der Waals surface area contributed by atoms with Crippen molar-refractivity contribution in [2.45, 2.75) is 0 Å². The van der Waals surface area contributed by atoms with Gasteiger partial charge < -0.3 is 15.2 Å². The van der Waals surface area contributed by atoms with Crippen LogP contribution in [0.4, 0.5) is 5.69 Å². The molecule has 4 rings (SSSR count). The van der Waals surface area contributed by atoms with Crippen molar-refractivity contribution in [3.8, 4) is 34.0 Å². The number of methoxy groups -OCH3 is 2. The van der Waals surface area contributed by atoms with Gasteiger partial charge in [0.15, 0.2) is 11.5 Å². The number of rotatable bonds is 4. The van der Waals surface area contributed by atoms with Crippen LogP contribution in [0.2, 0.25) is 0 Å². The first-order valence-corrected chi connectivity index (χ1v) is 8.13. The second-order valence-corrected chi connectivity index (χ2v) is 5.83. The van der Waals surface area contributed by atoms with E-state index >= 15 is 0 Å². The number of pyridine rings is 1. The Hall–Kier alpha value is -3.54. The zero-order valence-electron chi connectivity index (χ0n) is 14.5. The lowest BCUT2D eigenvalue weighted by Gasteiger charge is -2.09. The highest BCUT2D eigenvalue weighted by Gasteiger charge is 2.13. The van der Waals surface area contributed by atoms with Gasteiger partial charge in [-0.2, -0.15) is 0 Å². The number of hydrogen-bond acceptors (Lipinski definition) is 5. The smallest absolute Gasteiger partial charge is 0.172 e. The predicted octanol–water partition coefficient (Wildman–Crippen LogP) is 3.66. The summed E-state index contributed by atoms with van der Waals surface area (Å²) in [5.74, 6) is 2.12. The van der Waals surface area contributed by atoms with E-state index in [1.165, 1.54) is 0 Å². The Labute approximate surface area is 150 Å². The summed E-state index contributed by atoms with van der Waals surface area (Å²) < 4.78 is 12.7.